The third-order valence-corrected chi connectivity index (χ3v) is 3.45. The highest BCUT2D eigenvalue weighted by Crippen LogP contribution is 2.39. The summed E-state index contributed by atoms with van der Waals surface area (Å²) < 4.78 is 0. The molecule has 0 amide bonds. The van der Waals surface area contributed by atoms with Crippen molar-refractivity contribution in [1.29, 1.82) is 0 Å². The highest BCUT2D eigenvalue weighted by molar-refractivity contribution is 5.77. The third kappa shape index (κ3) is 1.77. The molecule has 1 aliphatic heterocycles. The summed E-state index contributed by atoms with van der Waals surface area (Å²) >= 11 is 0. The molecule has 0 fully saturated rings. The minimum absolute atomic E-state index is 0.193. The van der Waals surface area contributed by atoms with E-state index in [1.54, 1.807) is 0 Å². The molecule has 0 saturated heterocycles. The maximum absolute atomic E-state index is 3.51. The summed E-state index contributed by atoms with van der Waals surface area (Å²) in [5, 5.41) is 3.51. The number of benzene rings is 1. The Kier molecular flexibility index (Phi) is 2.61. The third-order valence-electron chi connectivity index (χ3n) is 3.45. The molecule has 88 valence electrons. The molecule has 16 heavy (non-hydrogen) atoms. The maximum Gasteiger partial charge on any atom is 0.0640 e. The highest BCUT2D eigenvalue weighted by Gasteiger charge is 2.26. The molecule has 1 unspecified atom stereocenters. The summed E-state index contributed by atoms with van der Waals surface area (Å²) in [4.78, 5) is 2.40. The van der Waals surface area contributed by atoms with E-state index < -0.39 is 0 Å². The molecule has 1 aromatic carbocycles. The first kappa shape index (κ1) is 11.3. The van der Waals surface area contributed by atoms with Crippen LogP contribution in [0.25, 0.3) is 0 Å². The average Bonchev–Trinajstić information content (AvgIpc) is 2.21. The van der Waals surface area contributed by atoms with E-state index in [-0.39, 0.29) is 5.41 Å². The predicted octanol–water partition coefficient (Wildman–Crippen LogP) is 3.23. The van der Waals surface area contributed by atoms with Crippen molar-refractivity contribution in [3.63, 3.8) is 0 Å². The van der Waals surface area contributed by atoms with Gasteiger partial charge in [-0.2, -0.15) is 0 Å². The van der Waals surface area contributed by atoms with Gasteiger partial charge in [0.2, 0.25) is 0 Å². The molecule has 0 saturated carbocycles. The zero-order valence-corrected chi connectivity index (χ0v) is 11.0. The Hall–Kier alpha value is -1.18. The van der Waals surface area contributed by atoms with Gasteiger partial charge in [0.05, 0.1) is 11.4 Å². The van der Waals surface area contributed by atoms with Gasteiger partial charge in [-0.15, -0.1) is 0 Å². The van der Waals surface area contributed by atoms with Crippen molar-refractivity contribution in [3.8, 4) is 0 Å². The second kappa shape index (κ2) is 3.69. The van der Waals surface area contributed by atoms with Gasteiger partial charge in [-0.25, -0.2) is 0 Å². The smallest absolute Gasteiger partial charge is 0.0640 e. The van der Waals surface area contributed by atoms with E-state index in [0.29, 0.717) is 6.04 Å². The lowest BCUT2D eigenvalue weighted by Gasteiger charge is -2.38. The fourth-order valence-electron chi connectivity index (χ4n) is 2.29. The number of hydrogen-bond acceptors (Lipinski definition) is 2. The monoisotopic (exact) mass is 218 g/mol. The Labute approximate surface area is 98.7 Å². The van der Waals surface area contributed by atoms with Crippen LogP contribution in [-0.2, 0) is 5.41 Å². The van der Waals surface area contributed by atoms with E-state index >= 15 is 0 Å². The quantitative estimate of drug-likeness (QED) is 0.719. The Morgan fingerprint density at radius 3 is 2.62 bits per heavy atom. The van der Waals surface area contributed by atoms with E-state index in [9.17, 15) is 0 Å². The highest BCUT2D eigenvalue weighted by atomic mass is 15.2. The van der Waals surface area contributed by atoms with Crippen LogP contribution in [0.5, 0.6) is 0 Å². The van der Waals surface area contributed by atoms with Crippen LogP contribution in [0, 0.1) is 0 Å². The molecule has 1 aromatic rings. The average molecular weight is 218 g/mol. The Morgan fingerprint density at radius 2 is 2.00 bits per heavy atom. The first-order chi connectivity index (χ1) is 7.41. The van der Waals surface area contributed by atoms with Crippen LogP contribution in [0.1, 0.15) is 33.3 Å². The minimum Gasteiger partial charge on any atom is -0.381 e. The second-order valence-electron chi connectivity index (χ2n) is 5.79. The van der Waals surface area contributed by atoms with Crippen LogP contribution in [0.15, 0.2) is 18.2 Å². The predicted molar refractivity (Wildman–Crippen MR) is 71.5 cm³/mol. The summed E-state index contributed by atoms with van der Waals surface area (Å²) in [6, 6.07) is 7.12. The van der Waals surface area contributed by atoms with E-state index in [4.69, 9.17) is 0 Å². The summed E-state index contributed by atoms with van der Waals surface area (Å²) in [6.07, 6.45) is 0. The van der Waals surface area contributed by atoms with E-state index in [2.05, 4.69) is 63.2 Å². The molecule has 0 aliphatic carbocycles. The largest absolute Gasteiger partial charge is 0.381 e. The second-order valence-corrected chi connectivity index (χ2v) is 5.79. The zero-order chi connectivity index (χ0) is 11.9. The molecular formula is C14H22N2. The Balaban J connectivity index is 2.57. The van der Waals surface area contributed by atoms with Crippen LogP contribution in [-0.4, -0.2) is 19.6 Å². The van der Waals surface area contributed by atoms with Crippen LogP contribution in [0.4, 0.5) is 11.4 Å². The summed E-state index contributed by atoms with van der Waals surface area (Å²) in [5.74, 6) is 0. The number of para-hydroxylation sites is 1. The normalized spacial score (nSPS) is 20.3. The number of fused-ring (bicyclic) bond motifs is 1. The van der Waals surface area contributed by atoms with Gasteiger partial charge in [0.25, 0.3) is 0 Å². The first-order valence-corrected chi connectivity index (χ1v) is 6.01. The molecule has 2 nitrogen and oxygen atoms in total. The van der Waals surface area contributed by atoms with Gasteiger partial charge in [-0.05, 0) is 24.0 Å². The van der Waals surface area contributed by atoms with Crippen molar-refractivity contribution >= 4 is 11.4 Å². The summed E-state index contributed by atoms with van der Waals surface area (Å²) in [7, 11) is 2.19. The first-order valence-electron chi connectivity index (χ1n) is 6.01. The zero-order valence-electron chi connectivity index (χ0n) is 11.0. The van der Waals surface area contributed by atoms with Crippen LogP contribution in [0.2, 0.25) is 0 Å². The van der Waals surface area contributed by atoms with E-state index in [1.807, 2.05) is 0 Å². The number of rotatable bonds is 0. The summed E-state index contributed by atoms with van der Waals surface area (Å²) in [6.45, 7) is 10.1. The van der Waals surface area contributed by atoms with Crippen molar-refractivity contribution in [1.82, 2.24) is 0 Å². The molecule has 1 atom stereocenters. The number of anilines is 2. The Morgan fingerprint density at radius 1 is 1.31 bits per heavy atom. The van der Waals surface area contributed by atoms with E-state index in [1.165, 1.54) is 16.9 Å². The lowest BCUT2D eigenvalue weighted by Crippen LogP contribution is -2.40. The van der Waals surface area contributed by atoms with Crippen molar-refractivity contribution < 1.29 is 0 Å². The van der Waals surface area contributed by atoms with Crippen molar-refractivity contribution in [2.24, 2.45) is 0 Å². The molecule has 0 radical (unpaired) electrons. The molecule has 0 spiro atoms. The maximum atomic E-state index is 3.51. The fourth-order valence-corrected chi connectivity index (χ4v) is 2.29. The molecule has 0 aromatic heterocycles. The van der Waals surface area contributed by atoms with Gasteiger partial charge < -0.3 is 10.2 Å². The number of hydrogen-bond donors (Lipinski definition) is 1. The Bertz CT molecular complexity index is 390. The molecule has 2 heteroatoms. The molecule has 0 bridgehead atoms. The van der Waals surface area contributed by atoms with Gasteiger partial charge >= 0.3 is 0 Å². The van der Waals surface area contributed by atoms with E-state index in [0.717, 1.165) is 6.54 Å². The lowest BCUT2D eigenvalue weighted by atomic mass is 9.84. The molecule has 1 heterocycles. The van der Waals surface area contributed by atoms with Crippen molar-refractivity contribution in [3.05, 3.63) is 23.8 Å². The van der Waals surface area contributed by atoms with Gasteiger partial charge in [-0.3, -0.25) is 0 Å². The molecule has 1 aliphatic rings. The lowest BCUT2D eigenvalue weighted by molar-refractivity contribution is 0.581. The van der Waals surface area contributed by atoms with Gasteiger partial charge in [0.15, 0.2) is 0 Å². The number of likely N-dealkylation sites (N-methyl/N-ethyl adjacent to an activating group) is 1. The topological polar surface area (TPSA) is 15.3 Å². The van der Waals surface area contributed by atoms with Gasteiger partial charge in [0, 0.05) is 19.6 Å². The van der Waals surface area contributed by atoms with Crippen LogP contribution >= 0.6 is 0 Å². The standard InChI is InChI=1S/C14H22N2/c1-10-9-15-12-8-6-7-11(14(2,3)4)13(12)16(10)5/h6-8,10,15H,9H2,1-5H3. The minimum atomic E-state index is 0.193. The van der Waals surface area contributed by atoms with Crippen LogP contribution in [0.3, 0.4) is 0 Å². The van der Waals surface area contributed by atoms with Crippen molar-refractivity contribution in [2.75, 3.05) is 23.8 Å². The van der Waals surface area contributed by atoms with Gasteiger partial charge in [-0.1, -0.05) is 32.9 Å². The SMILES string of the molecule is CC1CNc2cccc(C(C)(C)C)c2N1C. The fraction of sp³-hybridized carbons (Fsp3) is 0.571. The molecular weight excluding hydrogens is 196 g/mol. The van der Waals surface area contributed by atoms with Gasteiger partial charge in [0.1, 0.15) is 0 Å². The molecule has 1 N–H and O–H groups in total. The number of nitrogens with one attached hydrogen (secondary N) is 1. The van der Waals surface area contributed by atoms with Crippen molar-refractivity contribution in [2.45, 2.75) is 39.2 Å². The molecule has 2 rings (SSSR count). The number of nitrogens with zero attached hydrogens (tertiary/aromatic N) is 1. The summed E-state index contributed by atoms with van der Waals surface area (Å²) in [5.41, 5.74) is 4.26. The van der Waals surface area contributed by atoms with Crippen LogP contribution < -0.4 is 10.2 Å².